The number of hydrogen-bond acceptors (Lipinski definition) is 6. The van der Waals surface area contributed by atoms with Gasteiger partial charge >= 0.3 is 0 Å². The Morgan fingerprint density at radius 3 is 2.63 bits per heavy atom. The summed E-state index contributed by atoms with van der Waals surface area (Å²) in [6.07, 6.45) is 0.723. The maximum atomic E-state index is 12.8. The summed E-state index contributed by atoms with van der Waals surface area (Å²) < 4.78 is 7.04. The minimum absolute atomic E-state index is 0.0823. The van der Waals surface area contributed by atoms with E-state index in [9.17, 15) is 9.59 Å². The Morgan fingerprint density at radius 1 is 1.10 bits per heavy atom. The third-order valence-electron chi connectivity index (χ3n) is 5.87. The Labute approximate surface area is 177 Å². The van der Waals surface area contributed by atoms with Crippen molar-refractivity contribution in [1.82, 2.24) is 19.7 Å². The Bertz CT molecular complexity index is 1080. The number of ether oxygens (including phenoxy) is 1. The van der Waals surface area contributed by atoms with Crippen molar-refractivity contribution in [3.63, 3.8) is 0 Å². The van der Waals surface area contributed by atoms with Crippen molar-refractivity contribution >= 4 is 28.8 Å². The zero-order chi connectivity index (χ0) is 20.7. The average Bonchev–Trinajstić information content (AvgIpc) is 3.51. The van der Waals surface area contributed by atoms with Crippen LogP contribution in [0.4, 0.5) is 5.69 Å². The van der Waals surface area contributed by atoms with Crippen molar-refractivity contribution in [3.8, 4) is 5.75 Å². The number of thiophene rings is 1. The molecule has 0 spiro atoms. The van der Waals surface area contributed by atoms with Crippen LogP contribution in [0, 0.1) is 11.8 Å². The number of amides is 2. The lowest BCUT2D eigenvalue weighted by molar-refractivity contribution is 0.0783. The van der Waals surface area contributed by atoms with E-state index in [1.807, 2.05) is 26.3 Å². The number of rotatable bonds is 4. The van der Waals surface area contributed by atoms with E-state index in [1.165, 1.54) is 11.3 Å². The predicted octanol–water partition coefficient (Wildman–Crippen LogP) is 2.55. The van der Waals surface area contributed by atoms with Gasteiger partial charge < -0.3 is 19.5 Å². The molecule has 0 aliphatic carbocycles. The minimum atomic E-state index is -0.290. The number of likely N-dealkylation sites (tertiary alicyclic amines) is 1. The van der Waals surface area contributed by atoms with E-state index >= 15 is 0 Å². The number of methoxy groups -OCH3 is 1. The van der Waals surface area contributed by atoms with Crippen LogP contribution in [-0.4, -0.2) is 51.7 Å². The fourth-order valence-corrected chi connectivity index (χ4v) is 4.92. The van der Waals surface area contributed by atoms with Crippen molar-refractivity contribution < 1.29 is 14.3 Å². The molecule has 2 aromatic heterocycles. The molecule has 0 bridgehead atoms. The van der Waals surface area contributed by atoms with E-state index in [-0.39, 0.29) is 11.8 Å². The van der Waals surface area contributed by atoms with Crippen LogP contribution < -0.4 is 10.1 Å². The van der Waals surface area contributed by atoms with Crippen LogP contribution in [-0.2, 0) is 13.0 Å². The van der Waals surface area contributed by atoms with Gasteiger partial charge in [0.15, 0.2) is 0 Å². The van der Waals surface area contributed by atoms with Crippen molar-refractivity contribution in [2.45, 2.75) is 13.0 Å². The smallest absolute Gasteiger partial charge is 0.293 e. The van der Waals surface area contributed by atoms with E-state index < -0.39 is 0 Å². The molecule has 0 radical (unpaired) electrons. The molecule has 1 saturated heterocycles. The van der Waals surface area contributed by atoms with Crippen LogP contribution in [0.25, 0.3) is 0 Å². The van der Waals surface area contributed by atoms with Crippen LogP contribution in [0.1, 0.15) is 26.8 Å². The Kier molecular flexibility index (Phi) is 4.74. The first kappa shape index (κ1) is 18.8. The molecule has 2 atom stereocenters. The van der Waals surface area contributed by atoms with Gasteiger partial charge in [-0.2, -0.15) is 11.3 Å². The van der Waals surface area contributed by atoms with Gasteiger partial charge in [0.1, 0.15) is 11.6 Å². The number of carbonyl (C=O) groups excluding carboxylic acids is 2. The second-order valence-corrected chi connectivity index (χ2v) is 8.46. The Balaban J connectivity index is 1.29. The number of carbonyl (C=O) groups is 2. The molecule has 4 heterocycles. The van der Waals surface area contributed by atoms with Crippen LogP contribution in [0.5, 0.6) is 5.75 Å². The number of aromatic nitrogens is 3. The first-order valence-electron chi connectivity index (χ1n) is 9.81. The molecule has 5 rings (SSSR count). The van der Waals surface area contributed by atoms with E-state index in [4.69, 9.17) is 4.74 Å². The number of anilines is 1. The van der Waals surface area contributed by atoms with Crippen molar-refractivity contribution in [2.24, 2.45) is 11.8 Å². The largest absolute Gasteiger partial charge is 0.497 e. The van der Waals surface area contributed by atoms with Gasteiger partial charge in [-0.1, -0.05) is 0 Å². The van der Waals surface area contributed by atoms with Gasteiger partial charge in [-0.3, -0.25) is 9.59 Å². The molecule has 2 aliphatic heterocycles. The van der Waals surface area contributed by atoms with Crippen LogP contribution in [0.15, 0.2) is 41.1 Å². The lowest BCUT2D eigenvalue weighted by atomic mass is 9.89. The lowest BCUT2D eigenvalue weighted by Crippen LogP contribution is -2.31. The summed E-state index contributed by atoms with van der Waals surface area (Å²) in [5.41, 5.74) is 1.41. The topological polar surface area (TPSA) is 89.3 Å². The summed E-state index contributed by atoms with van der Waals surface area (Å²) in [6.45, 7) is 2.06. The monoisotopic (exact) mass is 423 g/mol. The van der Waals surface area contributed by atoms with Crippen molar-refractivity contribution in [2.75, 3.05) is 25.5 Å². The Hall–Kier alpha value is -3.20. The Morgan fingerprint density at radius 2 is 1.90 bits per heavy atom. The van der Waals surface area contributed by atoms with E-state index in [1.54, 1.807) is 31.4 Å². The average molecular weight is 423 g/mol. The van der Waals surface area contributed by atoms with E-state index in [0.717, 1.165) is 30.1 Å². The molecule has 1 N–H and O–H groups in total. The first-order valence-corrected chi connectivity index (χ1v) is 10.8. The van der Waals surface area contributed by atoms with Crippen molar-refractivity contribution in [1.29, 1.82) is 0 Å². The number of fused-ring (bicyclic) bond motifs is 2. The van der Waals surface area contributed by atoms with Gasteiger partial charge in [-0.05, 0) is 47.5 Å². The maximum absolute atomic E-state index is 12.8. The highest BCUT2D eigenvalue weighted by atomic mass is 32.1. The molecule has 3 aromatic rings. The molecule has 8 nitrogen and oxygen atoms in total. The summed E-state index contributed by atoms with van der Waals surface area (Å²) in [5.74, 6) is 2.27. The summed E-state index contributed by atoms with van der Waals surface area (Å²) in [4.78, 5) is 27.4. The van der Waals surface area contributed by atoms with E-state index in [2.05, 4.69) is 15.5 Å². The standard InChI is InChI=1S/C21H21N5O3S/c1-29-17-4-2-16(3-5-17)22-20(27)19-24-23-18-8-14-9-25(10-15(14)11-26(18)19)21(28)13-6-7-30-12-13/h2-7,12,14-15H,8-11H2,1H3,(H,22,27)/t14-,15+/m0/s1. The molecule has 9 heteroatoms. The van der Waals surface area contributed by atoms with Gasteiger partial charge in [0, 0.05) is 37.1 Å². The van der Waals surface area contributed by atoms with Gasteiger partial charge in [0.2, 0.25) is 5.82 Å². The predicted molar refractivity (Wildman–Crippen MR) is 112 cm³/mol. The highest BCUT2D eigenvalue weighted by molar-refractivity contribution is 7.08. The summed E-state index contributed by atoms with van der Waals surface area (Å²) >= 11 is 1.53. The normalized spacial score (nSPS) is 19.8. The molecule has 0 saturated carbocycles. The molecular weight excluding hydrogens is 402 g/mol. The fourth-order valence-electron chi connectivity index (χ4n) is 4.29. The molecular formula is C21H21N5O3S. The number of hydrogen-bond donors (Lipinski definition) is 1. The fraction of sp³-hybridized carbons (Fsp3) is 0.333. The lowest BCUT2D eigenvalue weighted by Gasteiger charge is -2.25. The van der Waals surface area contributed by atoms with Crippen LogP contribution in [0.3, 0.4) is 0 Å². The zero-order valence-electron chi connectivity index (χ0n) is 16.4. The second kappa shape index (κ2) is 7.56. The van der Waals surface area contributed by atoms with Gasteiger partial charge in [0.25, 0.3) is 11.8 Å². The molecule has 154 valence electrons. The van der Waals surface area contributed by atoms with Crippen LogP contribution >= 0.6 is 11.3 Å². The van der Waals surface area contributed by atoms with Crippen molar-refractivity contribution in [3.05, 3.63) is 58.3 Å². The molecule has 1 fully saturated rings. The summed E-state index contributed by atoms with van der Waals surface area (Å²) in [6, 6.07) is 9.01. The highest BCUT2D eigenvalue weighted by Gasteiger charge is 2.40. The molecule has 2 amide bonds. The van der Waals surface area contributed by atoms with Gasteiger partial charge in [-0.15, -0.1) is 10.2 Å². The van der Waals surface area contributed by atoms with E-state index in [0.29, 0.717) is 36.4 Å². The molecule has 2 aliphatic rings. The first-order chi connectivity index (χ1) is 14.6. The van der Waals surface area contributed by atoms with Gasteiger partial charge in [0.05, 0.1) is 12.7 Å². The van der Waals surface area contributed by atoms with Crippen LogP contribution in [0.2, 0.25) is 0 Å². The number of nitrogens with one attached hydrogen (secondary N) is 1. The molecule has 1 aromatic carbocycles. The highest BCUT2D eigenvalue weighted by Crippen LogP contribution is 2.33. The molecule has 0 unspecified atom stereocenters. The summed E-state index contributed by atoms with van der Waals surface area (Å²) in [5, 5.41) is 15.1. The quantitative estimate of drug-likeness (QED) is 0.697. The SMILES string of the molecule is COc1ccc(NC(=O)c2nnc3n2C[C@H]2CN(C(=O)c4ccsc4)C[C@@H]2C3)cc1. The maximum Gasteiger partial charge on any atom is 0.293 e. The number of benzene rings is 1. The summed E-state index contributed by atoms with van der Waals surface area (Å²) in [7, 11) is 1.60. The third kappa shape index (κ3) is 3.35. The zero-order valence-corrected chi connectivity index (χ0v) is 17.3. The second-order valence-electron chi connectivity index (χ2n) is 7.68. The minimum Gasteiger partial charge on any atom is -0.497 e. The van der Waals surface area contributed by atoms with Gasteiger partial charge in [-0.25, -0.2) is 0 Å². The number of nitrogens with zero attached hydrogens (tertiary/aromatic N) is 4. The third-order valence-corrected chi connectivity index (χ3v) is 6.56. The molecule has 30 heavy (non-hydrogen) atoms.